The molecule has 7 heteroatoms. The molecule has 0 atom stereocenters. The molecule has 2 nitrogen and oxygen atoms in total. The Kier molecular flexibility index (Phi) is 4.35. The molecule has 0 saturated carbocycles. The average molecular weight is 262 g/mol. The van der Waals surface area contributed by atoms with Gasteiger partial charge in [0.25, 0.3) is 0 Å². The summed E-state index contributed by atoms with van der Waals surface area (Å²) in [6, 6.07) is 0. The predicted octanol–water partition coefficient (Wildman–Crippen LogP) is 3.02. The lowest BCUT2D eigenvalue weighted by Crippen LogP contribution is -2.43. The van der Waals surface area contributed by atoms with Crippen LogP contribution in [0, 0.1) is 5.41 Å². The highest BCUT2D eigenvalue weighted by Crippen LogP contribution is 2.38. The fourth-order valence-electron chi connectivity index (χ4n) is 1.39. The lowest BCUT2D eigenvalue weighted by atomic mass is 9.90. The second kappa shape index (κ2) is 5.06. The van der Waals surface area contributed by atoms with Crippen LogP contribution in [0.5, 0.6) is 0 Å². The van der Waals surface area contributed by atoms with Crippen LogP contribution in [0.15, 0.2) is 0 Å². The first-order valence-electron chi connectivity index (χ1n) is 5.26. The first-order valence-corrected chi connectivity index (χ1v) is 5.26. The Balaban J connectivity index is 2.11. The van der Waals surface area contributed by atoms with Crippen molar-refractivity contribution in [2.75, 3.05) is 26.4 Å². The maximum atomic E-state index is 12.5. The van der Waals surface area contributed by atoms with E-state index in [1.54, 1.807) is 0 Å². The Morgan fingerprint density at radius 1 is 1.18 bits per heavy atom. The van der Waals surface area contributed by atoms with E-state index in [1.165, 1.54) is 0 Å². The summed E-state index contributed by atoms with van der Waals surface area (Å²) in [6.07, 6.45) is -7.02. The molecule has 102 valence electrons. The van der Waals surface area contributed by atoms with E-state index in [1.807, 2.05) is 6.92 Å². The molecule has 0 aromatic carbocycles. The number of ether oxygens (including phenoxy) is 2. The summed E-state index contributed by atoms with van der Waals surface area (Å²) in [5.41, 5.74) is -0.119. The average Bonchev–Trinajstić information content (AvgIpc) is 2.12. The van der Waals surface area contributed by atoms with E-state index < -0.39 is 18.5 Å². The summed E-state index contributed by atoms with van der Waals surface area (Å²) < 4.78 is 70.3. The standard InChI is InChI=1S/C10H15F5O2/c1-8(6-17-7-8)5-16-4-2-3-9(11,12)10(13,14)15/h2-7H2,1H3. The summed E-state index contributed by atoms with van der Waals surface area (Å²) >= 11 is 0. The Hall–Kier alpha value is -0.430. The smallest absolute Gasteiger partial charge is 0.381 e. The van der Waals surface area contributed by atoms with E-state index in [0.717, 1.165) is 0 Å². The van der Waals surface area contributed by atoms with E-state index >= 15 is 0 Å². The Morgan fingerprint density at radius 2 is 1.76 bits per heavy atom. The van der Waals surface area contributed by atoms with Crippen LogP contribution < -0.4 is 0 Å². The first kappa shape index (κ1) is 14.6. The van der Waals surface area contributed by atoms with Crippen LogP contribution in [-0.2, 0) is 9.47 Å². The molecule has 1 aliphatic rings. The van der Waals surface area contributed by atoms with Crippen molar-refractivity contribution in [2.24, 2.45) is 5.41 Å². The van der Waals surface area contributed by atoms with Gasteiger partial charge in [0.05, 0.1) is 19.8 Å². The van der Waals surface area contributed by atoms with Crippen molar-refractivity contribution in [3.05, 3.63) is 0 Å². The van der Waals surface area contributed by atoms with Crippen LogP contribution in [0.1, 0.15) is 19.8 Å². The molecule has 0 aliphatic carbocycles. The van der Waals surface area contributed by atoms with E-state index in [-0.39, 0.29) is 18.4 Å². The number of alkyl halides is 5. The van der Waals surface area contributed by atoms with Crippen LogP contribution in [0.25, 0.3) is 0 Å². The van der Waals surface area contributed by atoms with Gasteiger partial charge < -0.3 is 9.47 Å². The van der Waals surface area contributed by atoms with Crippen LogP contribution in [0.2, 0.25) is 0 Å². The van der Waals surface area contributed by atoms with Gasteiger partial charge in [-0.15, -0.1) is 0 Å². The monoisotopic (exact) mass is 262 g/mol. The highest BCUT2D eigenvalue weighted by Gasteiger charge is 2.56. The van der Waals surface area contributed by atoms with Crippen LogP contribution in [-0.4, -0.2) is 38.5 Å². The van der Waals surface area contributed by atoms with Gasteiger partial charge in [-0.05, 0) is 6.42 Å². The third-order valence-electron chi connectivity index (χ3n) is 2.55. The summed E-state index contributed by atoms with van der Waals surface area (Å²) in [5.74, 6) is -4.63. The van der Waals surface area contributed by atoms with Gasteiger partial charge in [0.15, 0.2) is 0 Å². The highest BCUT2D eigenvalue weighted by atomic mass is 19.4. The summed E-state index contributed by atoms with van der Waals surface area (Å²) in [6.45, 7) is 3.20. The second-order valence-electron chi connectivity index (χ2n) is 4.66. The molecule has 0 unspecified atom stereocenters. The summed E-state index contributed by atoms with van der Waals surface area (Å²) in [7, 11) is 0. The van der Waals surface area contributed by atoms with Crippen molar-refractivity contribution in [1.29, 1.82) is 0 Å². The first-order chi connectivity index (χ1) is 7.66. The molecule has 0 amide bonds. The van der Waals surface area contributed by atoms with Gasteiger partial charge in [0, 0.05) is 18.4 Å². The van der Waals surface area contributed by atoms with Crippen molar-refractivity contribution >= 4 is 0 Å². The van der Waals surface area contributed by atoms with Gasteiger partial charge in [-0.3, -0.25) is 0 Å². The molecule has 0 aromatic heterocycles. The Bertz CT molecular complexity index is 248. The molecule has 0 radical (unpaired) electrons. The third-order valence-corrected chi connectivity index (χ3v) is 2.55. The van der Waals surface area contributed by atoms with Gasteiger partial charge in [0.1, 0.15) is 0 Å². The zero-order valence-electron chi connectivity index (χ0n) is 9.45. The van der Waals surface area contributed by atoms with Gasteiger partial charge in [-0.25, -0.2) is 0 Å². The molecule has 1 heterocycles. The van der Waals surface area contributed by atoms with Crippen molar-refractivity contribution in [2.45, 2.75) is 31.9 Å². The quantitative estimate of drug-likeness (QED) is 0.541. The molecule has 0 spiro atoms. The maximum absolute atomic E-state index is 12.5. The topological polar surface area (TPSA) is 18.5 Å². The SMILES string of the molecule is CC1(COCCCC(F)(F)C(F)(F)F)COC1. The van der Waals surface area contributed by atoms with Gasteiger partial charge in [-0.2, -0.15) is 22.0 Å². The number of hydrogen-bond donors (Lipinski definition) is 0. The van der Waals surface area contributed by atoms with Crippen LogP contribution in [0.4, 0.5) is 22.0 Å². The van der Waals surface area contributed by atoms with Crippen molar-refractivity contribution in [3.63, 3.8) is 0 Å². The molecule has 0 N–H and O–H groups in total. The minimum atomic E-state index is -5.47. The Morgan fingerprint density at radius 3 is 2.18 bits per heavy atom. The van der Waals surface area contributed by atoms with Crippen molar-refractivity contribution in [1.82, 2.24) is 0 Å². The minimum Gasteiger partial charge on any atom is -0.381 e. The molecule has 1 fully saturated rings. The van der Waals surface area contributed by atoms with E-state index in [9.17, 15) is 22.0 Å². The molecule has 1 aliphatic heterocycles. The largest absolute Gasteiger partial charge is 0.453 e. The van der Waals surface area contributed by atoms with Gasteiger partial charge in [0.2, 0.25) is 0 Å². The Labute approximate surface area is 96.1 Å². The van der Waals surface area contributed by atoms with E-state index in [0.29, 0.717) is 19.8 Å². The number of halogens is 5. The normalized spacial score (nSPS) is 20.1. The fourth-order valence-corrected chi connectivity index (χ4v) is 1.39. The highest BCUT2D eigenvalue weighted by molar-refractivity contribution is 4.80. The lowest BCUT2D eigenvalue weighted by molar-refractivity contribution is -0.285. The second-order valence-corrected chi connectivity index (χ2v) is 4.66. The van der Waals surface area contributed by atoms with Crippen LogP contribution >= 0.6 is 0 Å². The van der Waals surface area contributed by atoms with E-state index in [4.69, 9.17) is 9.47 Å². The minimum absolute atomic E-state index is 0.0960. The van der Waals surface area contributed by atoms with Gasteiger partial charge >= 0.3 is 12.1 Å². The molecule has 1 rings (SSSR count). The zero-order chi connectivity index (χ0) is 13.2. The van der Waals surface area contributed by atoms with Crippen LogP contribution in [0.3, 0.4) is 0 Å². The molecule has 0 bridgehead atoms. The molecular weight excluding hydrogens is 247 g/mol. The molecular formula is C10H15F5O2. The zero-order valence-corrected chi connectivity index (χ0v) is 9.45. The predicted molar refractivity (Wildman–Crippen MR) is 50.0 cm³/mol. The number of rotatable bonds is 6. The summed E-state index contributed by atoms with van der Waals surface area (Å²) in [4.78, 5) is 0. The molecule has 17 heavy (non-hydrogen) atoms. The van der Waals surface area contributed by atoms with Crippen molar-refractivity contribution < 1.29 is 31.4 Å². The lowest BCUT2D eigenvalue weighted by Gasteiger charge is -2.37. The van der Waals surface area contributed by atoms with E-state index in [2.05, 4.69) is 0 Å². The fraction of sp³-hybridized carbons (Fsp3) is 1.00. The number of hydrogen-bond acceptors (Lipinski definition) is 2. The molecule has 0 aromatic rings. The molecule has 1 saturated heterocycles. The summed E-state index contributed by atoms with van der Waals surface area (Å²) in [5, 5.41) is 0. The third kappa shape index (κ3) is 4.06. The van der Waals surface area contributed by atoms with Gasteiger partial charge in [-0.1, -0.05) is 6.92 Å². The maximum Gasteiger partial charge on any atom is 0.453 e. The van der Waals surface area contributed by atoms with Crippen molar-refractivity contribution in [3.8, 4) is 0 Å².